The quantitative estimate of drug-likeness (QED) is 0.880. The Bertz CT molecular complexity index is 462. The van der Waals surface area contributed by atoms with Gasteiger partial charge in [-0.1, -0.05) is 25.3 Å². The summed E-state index contributed by atoms with van der Waals surface area (Å²) in [4.78, 5) is 0. The van der Waals surface area contributed by atoms with Gasteiger partial charge in [-0.05, 0) is 37.8 Å². The molecule has 3 nitrogen and oxygen atoms in total. The molecule has 106 valence electrons. The molecule has 0 radical (unpaired) electrons. The first-order valence-electron chi connectivity index (χ1n) is 7.13. The van der Waals surface area contributed by atoms with Crippen LogP contribution in [0.4, 0.5) is 0 Å². The largest absolute Gasteiger partial charge is 0.504 e. The molecule has 2 rings (SSSR count). The molecule has 3 heteroatoms. The first kappa shape index (κ1) is 14.2. The molecule has 3 N–H and O–H groups in total. The van der Waals surface area contributed by atoms with E-state index in [1.165, 1.54) is 19.3 Å². The molecule has 1 aromatic rings. The van der Waals surface area contributed by atoms with Crippen molar-refractivity contribution in [1.82, 2.24) is 0 Å². The predicted molar refractivity (Wildman–Crippen MR) is 78.0 cm³/mol. The Hall–Kier alpha value is -1.22. The van der Waals surface area contributed by atoms with Crippen molar-refractivity contribution in [1.29, 1.82) is 0 Å². The van der Waals surface area contributed by atoms with Gasteiger partial charge in [-0.15, -0.1) is 0 Å². The van der Waals surface area contributed by atoms with Crippen LogP contribution in [0.25, 0.3) is 0 Å². The Morgan fingerprint density at radius 1 is 1.21 bits per heavy atom. The molecule has 1 aliphatic carbocycles. The molecular weight excluding hydrogens is 238 g/mol. The zero-order valence-electron chi connectivity index (χ0n) is 12.3. The Morgan fingerprint density at radius 2 is 1.84 bits per heavy atom. The van der Waals surface area contributed by atoms with Crippen molar-refractivity contribution in [2.75, 3.05) is 13.7 Å². The fourth-order valence-electron chi connectivity index (χ4n) is 3.66. The summed E-state index contributed by atoms with van der Waals surface area (Å²) in [5, 5.41) is 10.6. The topological polar surface area (TPSA) is 55.5 Å². The highest BCUT2D eigenvalue weighted by Gasteiger charge is 2.37. The zero-order valence-corrected chi connectivity index (χ0v) is 12.3. The SMILES string of the molecule is COc1c(C)cc(C)c(C2(CN)CCCCC2)c1O. The summed E-state index contributed by atoms with van der Waals surface area (Å²) in [6, 6.07) is 2.10. The predicted octanol–water partition coefficient (Wildman–Crippen LogP) is 3.18. The number of rotatable bonds is 3. The van der Waals surface area contributed by atoms with Crippen LogP contribution in [0.15, 0.2) is 6.07 Å². The highest BCUT2D eigenvalue weighted by atomic mass is 16.5. The monoisotopic (exact) mass is 263 g/mol. The molecule has 1 fully saturated rings. The van der Waals surface area contributed by atoms with Crippen LogP contribution in [0.5, 0.6) is 11.5 Å². The van der Waals surface area contributed by atoms with E-state index in [9.17, 15) is 5.11 Å². The highest BCUT2D eigenvalue weighted by molar-refractivity contribution is 5.57. The van der Waals surface area contributed by atoms with Crippen LogP contribution >= 0.6 is 0 Å². The van der Waals surface area contributed by atoms with Gasteiger partial charge in [-0.2, -0.15) is 0 Å². The van der Waals surface area contributed by atoms with Gasteiger partial charge in [-0.3, -0.25) is 0 Å². The summed E-state index contributed by atoms with van der Waals surface area (Å²) in [7, 11) is 1.61. The average Bonchev–Trinajstić information content (AvgIpc) is 2.39. The van der Waals surface area contributed by atoms with Crippen LogP contribution in [0.1, 0.15) is 48.8 Å². The third kappa shape index (κ3) is 2.32. The summed E-state index contributed by atoms with van der Waals surface area (Å²) in [6.07, 6.45) is 5.76. The van der Waals surface area contributed by atoms with Gasteiger partial charge in [0.1, 0.15) is 0 Å². The lowest BCUT2D eigenvalue weighted by Crippen LogP contribution is -2.38. The molecular formula is C16H25NO2. The summed E-state index contributed by atoms with van der Waals surface area (Å²) < 4.78 is 5.36. The molecule has 0 aliphatic heterocycles. The number of aromatic hydroxyl groups is 1. The second kappa shape index (κ2) is 5.41. The van der Waals surface area contributed by atoms with Gasteiger partial charge in [-0.25, -0.2) is 0 Å². The molecule has 0 spiro atoms. The van der Waals surface area contributed by atoms with Crippen molar-refractivity contribution in [2.24, 2.45) is 5.73 Å². The minimum atomic E-state index is -0.0760. The summed E-state index contributed by atoms with van der Waals surface area (Å²) in [5.41, 5.74) is 9.13. The summed E-state index contributed by atoms with van der Waals surface area (Å²) in [5.74, 6) is 0.895. The minimum absolute atomic E-state index is 0.0760. The molecule has 0 bridgehead atoms. The number of ether oxygens (including phenoxy) is 1. The lowest BCUT2D eigenvalue weighted by molar-refractivity contribution is 0.284. The first-order valence-corrected chi connectivity index (χ1v) is 7.13. The molecule has 0 aromatic heterocycles. The van der Waals surface area contributed by atoms with Crippen molar-refractivity contribution in [3.63, 3.8) is 0 Å². The van der Waals surface area contributed by atoms with Crippen molar-refractivity contribution in [2.45, 2.75) is 51.4 Å². The fourth-order valence-corrected chi connectivity index (χ4v) is 3.66. The number of methoxy groups -OCH3 is 1. The lowest BCUT2D eigenvalue weighted by Gasteiger charge is -2.38. The fraction of sp³-hybridized carbons (Fsp3) is 0.625. The van der Waals surface area contributed by atoms with E-state index in [0.717, 1.165) is 29.5 Å². The van der Waals surface area contributed by atoms with E-state index in [2.05, 4.69) is 13.0 Å². The van der Waals surface area contributed by atoms with E-state index in [0.29, 0.717) is 18.0 Å². The number of aryl methyl sites for hydroxylation is 2. The molecule has 0 unspecified atom stereocenters. The average molecular weight is 263 g/mol. The zero-order chi connectivity index (χ0) is 14.0. The molecule has 0 atom stereocenters. The van der Waals surface area contributed by atoms with Gasteiger partial charge >= 0.3 is 0 Å². The Kier molecular flexibility index (Phi) is 4.04. The number of benzene rings is 1. The van der Waals surface area contributed by atoms with Crippen LogP contribution in [0.3, 0.4) is 0 Å². The standard InChI is InChI=1S/C16H25NO2/c1-11-9-12(2)15(19-3)14(18)13(11)16(10-17)7-5-4-6-8-16/h9,18H,4-8,10,17H2,1-3H3. The number of phenols is 1. The number of hydrogen-bond acceptors (Lipinski definition) is 3. The molecule has 1 aromatic carbocycles. The second-order valence-electron chi connectivity index (χ2n) is 5.81. The van der Waals surface area contributed by atoms with E-state index < -0.39 is 0 Å². The van der Waals surface area contributed by atoms with Gasteiger partial charge in [0.05, 0.1) is 7.11 Å². The van der Waals surface area contributed by atoms with Gasteiger partial charge in [0.15, 0.2) is 11.5 Å². The maximum absolute atomic E-state index is 10.6. The van der Waals surface area contributed by atoms with E-state index in [1.54, 1.807) is 7.11 Å². The van der Waals surface area contributed by atoms with E-state index in [4.69, 9.17) is 10.5 Å². The van der Waals surface area contributed by atoms with E-state index >= 15 is 0 Å². The molecule has 1 aliphatic rings. The maximum atomic E-state index is 10.6. The third-order valence-corrected chi connectivity index (χ3v) is 4.57. The normalized spacial score (nSPS) is 18.3. The first-order chi connectivity index (χ1) is 9.05. The number of hydrogen-bond donors (Lipinski definition) is 2. The number of nitrogens with two attached hydrogens (primary N) is 1. The smallest absolute Gasteiger partial charge is 0.163 e. The summed E-state index contributed by atoms with van der Waals surface area (Å²) >= 11 is 0. The van der Waals surface area contributed by atoms with Gasteiger partial charge < -0.3 is 15.6 Å². The van der Waals surface area contributed by atoms with Gasteiger partial charge in [0.2, 0.25) is 0 Å². The van der Waals surface area contributed by atoms with Crippen LogP contribution in [0.2, 0.25) is 0 Å². The molecule has 0 amide bonds. The van der Waals surface area contributed by atoms with Crippen LogP contribution in [0, 0.1) is 13.8 Å². The van der Waals surface area contributed by atoms with Crippen LogP contribution in [-0.4, -0.2) is 18.8 Å². The van der Waals surface area contributed by atoms with Gasteiger partial charge in [0, 0.05) is 17.5 Å². The number of phenolic OH excluding ortho intramolecular Hbond substituents is 1. The second-order valence-corrected chi connectivity index (χ2v) is 5.81. The summed E-state index contributed by atoms with van der Waals surface area (Å²) in [6.45, 7) is 4.62. The Labute approximate surface area is 115 Å². The molecule has 19 heavy (non-hydrogen) atoms. The highest BCUT2D eigenvalue weighted by Crippen LogP contribution is 2.47. The molecule has 1 saturated carbocycles. The third-order valence-electron chi connectivity index (χ3n) is 4.57. The van der Waals surface area contributed by atoms with Crippen molar-refractivity contribution >= 4 is 0 Å². The van der Waals surface area contributed by atoms with Crippen LogP contribution < -0.4 is 10.5 Å². The van der Waals surface area contributed by atoms with Crippen molar-refractivity contribution < 1.29 is 9.84 Å². The van der Waals surface area contributed by atoms with Crippen molar-refractivity contribution in [3.05, 3.63) is 22.8 Å². The lowest BCUT2D eigenvalue weighted by atomic mass is 9.67. The van der Waals surface area contributed by atoms with Crippen molar-refractivity contribution in [3.8, 4) is 11.5 Å². The van der Waals surface area contributed by atoms with Crippen LogP contribution in [-0.2, 0) is 5.41 Å². The van der Waals surface area contributed by atoms with E-state index in [-0.39, 0.29) is 5.41 Å². The Balaban J connectivity index is 2.59. The maximum Gasteiger partial charge on any atom is 0.163 e. The molecule has 0 heterocycles. The minimum Gasteiger partial charge on any atom is -0.504 e. The molecule has 0 saturated heterocycles. The Morgan fingerprint density at radius 3 is 2.37 bits per heavy atom. The van der Waals surface area contributed by atoms with Gasteiger partial charge in [0.25, 0.3) is 0 Å². The van der Waals surface area contributed by atoms with E-state index in [1.807, 2.05) is 6.92 Å².